The van der Waals surface area contributed by atoms with E-state index in [2.05, 4.69) is 53.5 Å². The molecular formula is C21H22N2O2. The predicted molar refractivity (Wildman–Crippen MR) is 99.9 cm³/mol. The molecule has 2 heterocycles. The number of rotatable bonds is 3. The molecule has 25 heavy (non-hydrogen) atoms. The highest BCUT2D eigenvalue weighted by Crippen LogP contribution is 2.31. The van der Waals surface area contributed by atoms with E-state index in [1.807, 2.05) is 12.1 Å². The third-order valence-electron chi connectivity index (χ3n) is 4.87. The standard InChI is InChI=1S/C21H22N2O2/c1-15-2-4-16(5-3-15)21(23-12-10-22-11-13-23)18-6-8-19-17(14-18)7-9-20(24)25-19/h2-9,14,21-22H,10-13H2,1H3. The van der Waals surface area contributed by atoms with Gasteiger partial charge in [-0.1, -0.05) is 35.9 Å². The highest BCUT2D eigenvalue weighted by Gasteiger charge is 2.24. The van der Waals surface area contributed by atoms with Gasteiger partial charge < -0.3 is 9.73 Å². The Labute approximate surface area is 147 Å². The molecule has 0 amide bonds. The molecule has 0 aliphatic carbocycles. The lowest BCUT2D eigenvalue weighted by atomic mass is 9.94. The van der Waals surface area contributed by atoms with Crippen molar-refractivity contribution in [3.63, 3.8) is 0 Å². The Morgan fingerprint density at radius 3 is 2.44 bits per heavy atom. The summed E-state index contributed by atoms with van der Waals surface area (Å²) < 4.78 is 5.28. The molecule has 4 rings (SSSR count). The van der Waals surface area contributed by atoms with Gasteiger partial charge in [-0.3, -0.25) is 4.90 Å². The van der Waals surface area contributed by atoms with Gasteiger partial charge in [0.25, 0.3) is 0 Å². The SMILES string of the molecule is Cc1ccc(C(c2ccc3oc(=O)ccc3c2)N2CCNCC2)cc1. The number of hydrogen-bond donors (Lipinski definition) is 1. The van der Waals surface area contributed by atoms with E-state index in [0.717, 1.165) is 31.6 Å². The van der Waals surface area contributed by atoms with E-state index in [1.165, 1.54) is 22.8 Å². The quantitative estimate of drug-likeness (QED) is 0.748. The predicted octanol–water partition coefficient (Wildman–Crippen LogP) is 3.10. The molecule has 1 saturated heterocycles. The number of piperazine rings is 1. The van der Waals surface area contributed by atoms with Crippen LogP contribution in [0.25, 0.3) is 11.0 Å². The van der Waals surface area contributed by atoms with Gasteiger partial charge in [-0.2, -0.15) is 0 Å². The zero-order chi connectivity index (χ0) is 17.2. The molecule has 1 aliphatic rings. The summed E-state index contributed by atoms with van der Waals surface area (Å²) in [5, 5.41) is 4.39. The molecule has 0 bridgehead atoms. The van der Waals surface area contributed by atoms with E-state index in [0.29, 0.717) is 5.58 Å². The van der Waals surface area contributed by atoms with E-state index in [-0.39, 0.29) is 11.7 Å². The average molecular weight is 334 g/mol. The molecule has 1 aromatic heterocycles. The molecule has 128 valence electrons. The van der Waals surface area contributed by atoms with E-state index < -0.39 is 0 Å². The summed E-state index contributed by atoms with van der Waals surface area (Å²) in [7, 11) is 0. The van der Waals surface area contributed by atoms with Gasteiger partial charge in [0.15, 0.2) is 0 Å². The summed E-state index contributed by atoms with van der Waals surface area (Å²) in [6.45, 7) is 6.15. The van der Waals surface area contributed by atoms with Crippen LogP contribution in [0.1, 0.15) is 22.7 Å². The van der Waals surface area contributed by atoms with E-state index in [4.69, 9.17) is 4.42 Å². The molecule has 0 radical (unpaired) electrons. The van der Waals surface area contributed by atoms with Crippen molar-refractivity contribution in [2.24, 2.45) is 0 Å². The van der Waals surface area contributed by atoms with Crippen LogP contribution in [0.2, 0.25) is 0 Å². The summed E-state index contributed by atoms with van der Waals surface area (Å²) in [6, 6.07) is 18.5. The number of fused-ring (bicyclic) bond motifs is 1. The molecule has 1 fully saturated rings. The maximum atomic E-state index is 11.4. The third kappa shape index (κ3) is 3.36. The Kier molecular flexibility index (Phi) is 4.38. The van der Waals surface area contributed by atoms with Crippen LogP contribution in [0, 0.1) is 6.92 Å². The lowest BCUT2D eigenvalue weighted by Crippen LogP contribution is -2.45. The molecule has 4 heteroatoms. The molecular weight excluding hydrogens is 312 g/mol. The van der Waals surface area contributed by atoms with Crippen molar-refractivity contribution < 1.29 is 4.42 Å². The minimum Gasteiger partial charge on any atom is -0.423 e. The summed E-state index contributed by atoms with van der Waals surface area (Å²) in [5.74, 6) is 0. The highest BCUT2D eigenvalue weighted by molar-refractivity contribution is 5.77. The van der Waals surface area contributed by atoms with Crippen molar-refractivity contribution in [1.29, 1.82) is 0 Å². The van der Waals surface area contributed by atoms with Gasteiger partial charge in [-0.25, -0.2) is 4.79 Å². The Hall–Kier alpha value is -2.43. The first-order valence-electron chi connectivity index (χ1n) is 8.76. The summed E-state index contributed by atoms with van der Waals surface area (Å²) >= 11 is 0. The van der Waals surface area contributed by atoms with Crippen LogP contribution in [-0.2, 0) is 0 Å². The van der Waals surface area contributed by atoms with Gasteiger partial charge in [-0.05, 0) is 36.2 Å². The highest BCUT2D eigenvalue weighted by atomic mass is 16.4. The largest absolute Gasteiger partial charge is 0.423 e. The van der Waals surface area contributed by atoms with E-state index >= 15 is 0 Å². The van der Waals surface area contributed by atoms with Crippen LogP contribution in [0.4, 0.5) is 0 Å². The van der Waals surface area contributed by atoms with Crippen LogP contribution in [-0.4, -0.2) is 31.1 Å². The number of aryl methyl sites for hydroxylation is 1. The summed E-state index contributed by atoms with van der Waals surface area (Å²) in [4.78, 5) is 13.9. The van der Waals surface area contributed by atoms with Crippen molar-refractivity contribution in [1.82, 2.24) is 10.2 Å². The second kappa shape index (κ2) is 6.82. The molecule has 1 aliphatic heterocycles. The van der Waals surface area contributed by atoms with Gasteiger partial charge in [0.2, 0.25) is 0 Å². The average Bonchev–Trinajstić information content (AvgIpc) is 2.64. The fourth-order valence-electron chi connectivity index (χ4n) is 3.56. The first-order chi connectivity index (χ1) is 12.2. The molecule has 1 N–H and O–H groups in total. The van der Waals surface area contributed by atoms with Crippen LogP contribution >= 0.6 is 0 Å². The van der Waals surface area contributed by atoms with Crippen molar-refractivity contribution in [2.75, 3.05) is 26.2 Å². The maximum absolute atomic E-state index is 11.4. The summed E-state index contributed by atoms with van der Waals surface area (Å²) in [5.41, 5.74) is 4.12. The number of nitrogens with one attached hydrogen (secondary N) is 1. The number of benzene rings is 2. The molecule has 2 aromatic carbocycles. The zero-order valence-electron chi connectivity index (χ0n) is 14.4. The Bertz CT molecular complexity index is 925. The Morgan fingerprint density at radius 1 is 0.960 bits per heavy atom. The molecule has 3 aromatic rings. The van der Waals surface area contributed by atoms with Crippen molar-refractivity contribution >= 4 is 11.0 Å². The van der Waals surface area contributed by atoms with Crippen molar-refractivity contribution in [2.45, 2.75) is 13.0 Å². The first kappa shape index (κ1) is 16.1. The smallest absolute Gasteiger partial charge is 0.336 e. The lowest BCUT2D eigenvalue weighted by molar-refractivity contribution is 0.198. The number of nitrogens with zero attached hydrogens (tertiary/aromatic N) is 1. The third-order valence-corrected chi connectivity index (χ3v) is 4.87. The fourth-order valence-corrected chi connectivity index (χ4v) is 3.56. The maximum Gasteiger partial charge on any atom is 0.336 e. The first-order valence-corrected chi connectivity index (χ1v) is 8.76. The summed E-state index contributed by atoms with van der Waals surface area (Å²) in [6.07, 6.45) is 0. The second-order valence-electron chi connectivity index (χ2n) is 6.65. The zero-order valence-corrected chi connectivity index (χ0v) is 14.4. The van der Waals surface area contributed by atoms with Crippen LogP contribution in [0.5, 0.6) is 0 Å². The van der Waals surface area contributed by atoms with Crippen molar-refractivity contribution in [3.05, 3.63) is 81.7 Å². The fraction of sp³-hybridized carbons (Fsp3) is 0.286. The molecule has 0 saturated carbocycles. The van der Waals surface area contributed by atoms with Crippen molar-refractivity contribution in [3.8, 4) is 0 Å². The monoisotopic (exact) mass is 334 g/mol. The molecule has 1 unspecified atom stereocenters. The minimum absolute atomic E-state index is 0.207. The van der Waals surface area contributed by atoms with Gasteiger partial charge in [0.05, 0.1) is 6.04 Å². The molecule has 1 atom stereocenters. The second-order valence-corrected chi connectivity index (χ2v) is 6.65. The van der Waals surface area contributed by atoms with Crippen LogP contribution in [0.3, 0.4) is 0 Å². The molecule has 0 spiro atoms. The lowest BCUT2D eigenvalue weighted by Gasteiger charge is -2.35. The topological polar surface area (TPSA) is 45.5 Å². The van der Waals surface area contributed by atoms with Crippen LogP contribution < -0.4 is 10.9 Å². The van der Waals surface area contributed by atoms with Gasteiger partial charge in [-0.15, -0.1) is 0 Å². The van der Waals surface area contributed by atoms with E-state index in [1.54, 1.807) is 0 Å². The van der Waals surface area contributed by atoms with Gasteiger partial charge in [0, 0.05) is 37.6 Å². The number of hydrogen-bond acceptors (Lipinski definition) is 4. The van der Waals surface area contributed by atoms with Gasteiger partial charge >= 0.3 is 5.63 Å². The molecule has 4 nitrogen and oxygen atoms in total. The minimum atomic E-state index is -0.308. The van der Waals surface area contributed by atoms with Gasteiger partial charge in [0.1, 0.15) is 5.58 Å². The normalized spacial score (nSPS) is 16.8. The van der Waals surface area contributed by atoms with E-state index in [9.17, 15) is 4.79 Å². The Morgan fingerprint density at radius 2 is 1.68 bits per heavy atom. The Balaban J connectivity index is 1.80. The van der Waals surface area contributed by atoms with Crippen LogP contribution in [0.15, 0.2) is 63.8 Å².